The quantitative estimate of drug-likeness (QED) is 0.414. The zero-order valence-corrected chi connectivity index (χ0v) is 7.51. The first-order valence-electron chi connectivity index (χ1n) is 3.40. The van der Waals surface area contributed by atoms with E-state index in [0.717, 1.165) is 5.11 Å². The van der Waals surface area contributed by atoms with Crippen molar-refractivity contribution in [1.82, 2.24) is 4.90 Å². The lowest BCUT2D eigenvalue weighted by Gasteiger charge is -2.04. The molecule has 0 radical (unpaired) electrons. The third-order valence-electron chi connectivity index (χ3n) is 1.32. The Kier molecular flexibility index (Phi) is 2.54. The number of hydrogen-bond acceptors (Lipinski definition) is 1. The van der Waals surface area contributed by atoms with Gasteiger partial charge in [-0.15, -0.1) is 0 Å². The zero-order valence-electron chi connectivity index (χ0n) is 6.69. The molecule has 2 nitrogen and oxygen atoms in total. The average Bonchev–Trinajstić information content (AvgIpc) is 2.05. The van der Waals surface area contributed by atoms with E-state index in [0.29, 0.717) is 0 Å². The fourth-order valence-electron chi connectivity index (χ4n) is 0.757. The number of nitrogens with zero attached hydrogens (tertiary/aromatic N) is 2. The van der Waals surface area contributed by atoms with Gasteiger partial charge in [0.1, 0.15) is 0 Å². The summed E-state index contributed by atoms with van der Waals surface area (Å²) in [6, 6.07) is 5.88. The van der Waals surface area contributed by atoms with Crippen LogP contribution in [0.25, 0.3) is 0 Å². The number of pyridine rings is 1. The van der Waals surface area contributed by atoms with Crippen molar-refractivity contribution in [3.8, 4) is 0 Å². The Morgan fingerprint density at radius 2 is 1.73 bits per heavy atom. The van der Waals surface area contributed by atoms with E-state index in [1.807, 2.05) is 54.2 Å². The van der Waals surface area contributed by atoms with Crippen LogP contribution >= 0.6 is 12.2 Å². The molecule has 58 valence electrons. The molecule has 0 aromatic carbocycles. The fourth-order valence-corrected chi connectivity index (χ4v) is 0.879. The molecule has 0 bridgehead atoms. The third kappa shape index (κ3) is 1.98. The van der Waals surface area contributed by atoms with Crippen LogP contribution in [0.4, 0.5) is 0 Å². The summed E-state index contributed by atoms with van der Waals surface area (Å²) in [5.74, 6) is 0. The molecule has 0 fully saturated rings. The van der Waals surface area contributed by atoms with Gasteiger partial charge < -0.3 is 0 Å². The fraction of sp³-hybridized carbons (Fsp3) is 0.250. The molecular weight excluding hydrogens is 156 g/mol. The second-order valence-electron chi connectivity index (χ2n) is 2.46. The predicted octanol–water partition coefficient (Wildman–Crippen LogP) is 0.669. The molecule has 0 aliphatic heterocycles. The van der Waals surface area contributed by atoms with E-state index in [1.54, 1.807) is 0 Å². The number of rotatable bonds is 0. The van der Waals surface area contributed by atoms with E-state index in [9.17, 15) is 0 Å². The molecule has 0 saturated heterocycles. The number of aromatic nitrogens is 1. The summed E-state index contributed by atoms with van der Waals surface area (Å²) in [5, 5.41) is 0.797. The Morgan fingerprint density at radius 3 is 2.18 bits per heavy atom. The van der Waals surface area contributed by atoms with Crippen molar-refractivity contribution in [2.75, 3.05) is 14.1 Å². The van der Waals surface area contributed by atoms with Crippen LogP contribution in [0, 0.1) is 0 Å². The van der Waals surface area contributed by atoms with Crippen LogP contribution in [0.1, 0.15) is 0 Å². The van der Waals surface area contributed by atoms with Crippen LogP contribution < -0.4 is 4.57 Å². The molecule has 11 heavy (non-hydrogen) atoms. The lowest BCUT2D eigenvalue weighted by molar-refractivity contribution is -0.560. The molecule has 3 heteroatoms. The summed E-state index contributed by atoms with van der Waals surface area (Å²) >= 11 is 5.13. The second-order valence-corrected chi connectivity index (χ2v) is 2.82. The smallest absolute Gasteiger partial charge is 0.257 e. The Labute approximate surface area is 72.1 Å². The van der Waals surface area contributed by atoms with Crippen LogP contribution in [0.3, 0.4) is 0 Å². The van der Waals surface area contributed by atoms with Crippen molar-refractivity contribution in [3.05, 3.63) is 30.6 Å². The number of thiocarbonyl (C=S) groups is 1. The monoisotopic (exact) mass is 167 g/mol. The lowest BCUT2D eigenvalue weighted by Crippen LogP contribution is -2.48. The van der Waals surface area contributed by atoms with Gasteiger partial charge in [0.25, 0.3) is 0 Å². The van der Waals surface area contributed by atoms with Gasteiger partial charge in [0.15, 0.2) is 0 Å². The molecule has 0 saturated carbocycles. The van der Waals surface area contributed by atoms with Crippen molar-refractivity contribution >= 4 is 17.3 Å². The first-order chi connectivity index (χ1) is 5.22. The minimum absolute atomic E-state index is 0.797. The molecule has 0 amide bonds. The summed E-state index contributed by atoms with van der Waals surface area (Å²) in [4.78, 5) is 1.90. The molecule has 0 unspecified atom stereocenters. The van der Waals surface area contributed by atoms with E-state index in [4.69, 9.17) is 12.2 Å². The van der Waals surface area contributed by atoms with Crippen LogP contribution in [-0.4, -0.2) is 24.1 Å². The molecule has 0 atom stereocenters. The summed E-state index contributed by atoms with van der Waals surface area (Å²) in [7, 11) is 3.87. The highest BCUT2D eigenvalue weighted by atomic mass is 32.1. The largest absolute Gasteiger partial charge is 0.350 e. The molecule has 0 aliphatic rings. The molecule has 0 N–H and O–H groups in total. The Hall–Kier alpha value is -0.960. The van der Waals surface area contributed by atoms with Gasteiger partial charge in [-0.05, 0) is 12.1 Å². The molecular formula is C8H11N2S+. The topological polar surface area (TPSA) is 7.12 Å². The van der Waals surface area contributed by atoms with E-state index in [-0.39, 0.29) is 0 Å². The molecule has 0 spiro atoms. The summed E-state index contributed by atoms with van der Waals surface area (Å²) in [6.07, 6.45) is 3.87. The van der Waals surface area contributed by atoms with E-state index in [1.165, 1.54) is 0 Å². The van der Waals surface area contributed by atoms with Crippen molar-refractivity contribution in [3.63, 3.8) is 0 Å². The van der Waals surface area contributed by atoms with Crippen molar-refractivity contribution in [2.45, 2.75) is 0 Å². The van der Waals surface area contributed by atoms with Crippen molar-refractivity contribution in [1.29, 1.82) is 0 Å². The third-order valence-corrected chi connectivity index (χ3v) is 1.89. The van der Waals surface area contributed by atoms with Crippen molar-refractivity contribution in [2.24, 2.45) is 0 Å². The minimum Gasteiger partial charge on any atom is -0.257 e. The van der Waals surface area contributed by atoms with Gasteiger partial charge >= 0.3 is 5.11 Å². The standard InChI is InChI=1S/C8H11N2S/c1-9(2)8(11)10-6-4-3-5-7-10/h3-7H,1-2H3/q+1. The Bertz CT molecular complexity index is 244. The molecule has 0 aliphatic carbocycles. The molecule has 1 heterocycles. The maximum atomic E-state index is 5.13. The normalized spacial score (nSPS) is 9.27. The highest BCUT2D eigenvalue weighted by Crippen LogP contribution is 1.81. The second kappa shape index (κ2) is 3.44. The van der Waals surface area contributed by atoms with Crippen LogP contribution in [0.15, 0.2) is 30.6 Å². The van der Waals surface area contributed by atoms with Crippen LogP contribution in [0.2, 0.25) is 0 Å². The maximum absolute atomic E-state index is 5.13. The summed E-state index contributed by atoms with van der Waals surface area (Å²) in [6.45, 7) is 0. The predicted molar refractivity (Wildman–Crippen MR) is 48.3 cm³/mol. The van der Waals surface area contributed by atoms with E-state index in [2.05, 4.69) is 0 Å². The van der Waals surface area contributed by atoms with Crippen LogP contribution in [-0.2, 0) is 0 Å². The molecule has 1 rings (SSSR count). The maximum Gasteiger partial charge on any atom is 0.350 e. The Morgan fingerprint density at radius 1 is 1.18 bits per heavy atom. The average molecular weight is 167 g/mol. The lowest BCUT2D eigenvalue weighted by atomic mass is 10.5. The zero-order chi connectivity index (χ0) is 8.27. The van der Waals surface area contributed by atoms with Crippen molar-refractivity contribution < 1.29 is 4.57 Å². The molecule has 1 aromatic rings. The van der Waals surface area contributed by atoms with Gasteiger partial charge in [0.05, 0.1) is 26.5 Å². The summed E-state index contributed by atoms with van der Waals surface area (Å²) < 4.78 is 1.90. The van der Waals surface area contributed by atoms with Gasteiger partial charge in [-0.2, -0.15) is 4.57 Å². The van der Waals surface area contributed by atoms with Crippen LogP contribution in [0.5, 0.6) is 0 Å². The van der Waals surface area contributed by atoms with Gasteiger partial charge in [0, 0.05) is 12.2 Å². The van der Waals surface area contributed by atoms with Gasteiger partial charge in [0.2, 0.25) is 0 Å². The van der Waals surface area contributed by atoms with E-state index >= 15 is 0 Å². The molecule has 1 aromatic heterocycles. The van der Waals surface area contributed by atoms with Gasteiger partial charge in [-0.25, -0.2) is 0 Å². The first-order valence-corrected chi connectivity index (χ1v) is 3.80. The van der Waals surface area contributed by atoms with E-state index < -0.39 is 0 Å². The van der Waals surface area contributed by atoms with Gasteiger partial charge in [-0.1, -0.05) is 6.07 Å². The number of hydrogen-bond donors (Lipinski definition) is 0. The van der Waals surface area contributed by atoms with Gasteiger partial charge in [-0.3, -0.25) is 4.90 Å². The Balaban J connectivity index is 2.86. The SMILES string of the molecule is CN(C)C(=S)[n+]1ccccc1. The highest BCUT2D eigenvalue weighted by molar-refractivity contribution is 7.79. The first kappa shape index (κ1) is 8.14. The highest BCUT2D eigenvalue weighted by Gasteiger charge is 2.07. The minimum atomic E-state index is 0.797. The summed E-state index contributed by atoms with van der Waals surface area (Å²) in [5.41, 5.74) is 0.